The molecule has 4 saturated carbocycles. The summed E-state index contributed by atoms with van der Waals surface area (Å²) >= 11 is 0. The Hall–Kier alpha value is -0.760. The van der Waals surface area contributed by atoms with Crippen LogP contribution in [0.5, 0.6) is 0 Å². The highest BCUT2D eigenvalue weighted by Gasteiger charge is 2.56. The molecule has 4 fully saturated rings. The molecule has 2 heteroatoms. The van der Waals surface area contributed by atoms with Gasteiger partial charge in [-0.2, -0.15) is 0 Å². The van der Waals surface area contributed by atoms with E-state index < -0.39 is 0 Å². The number of aromatic amines is 1. The maximum Gasteiger partial charge on any atom is 0.0168 e. The second kappa shape index (κ2) is 2.73. The second-order valence-corrected chi connectivity index (χ2v) is 6.70. The number of hydrogen-bond acceptors (Lipinski definition) is 1. The molecule has 2 nitrogen and oxygen atoms in total. The molecule has 2 atom stereocenters. The quantitative estimate of drug-likeness (QED) is 0.744. The van der Waals surface area contributed by atoms with E-state index in [-0.39, 0.29) is 5.54 Å². The zero-order valence-electron chi connectivity index (χ0n) is 9.71. The van der Waals surface area contributed by atoms with Crippen molar-refractivity contribution in [3.63, 3.8) is 0 Å². The van der Waals surface area contributed by atoms with Crippen LogP contribution >= 0.6 is 0 Å². The van der Waals surface area contributed by atoms with Crippen molar-refractivity contribution in [3.8, 4) is 0 Å². The van der Waals surface area contributed by atoms with Gasteiger partial charge in [0.1, 0.15) is 0 Å². The molecule has 5 rings (SSSR count). The lowest BCUT2D eigenvalue weighted by atomic mass is 9.46. The van der Waals surface area contributed by atoms with Gasteiger partial charge in [0.15, 0.2) is 0 Å². The van der Waals surface area contributed by atoms with Gasteiger partial charge in [0.25, 0.3) is 0 Å². The van der Waals surface area contributed by atoms with Crippen molar-refractivity contribution in [1.82, 2.24) is 4.98 Å². The molecular weight excluding hydrogens is 196 g/mol. The smallest absolute Gasteiger partial charge is 0.0168 e. The van der Waals surface area contributed by atoms with E-state index in [1.165, 1.54) is 44.1 Å². The van der Waals surface area contributed by atoms with E-state index >= 15 is 0 Å². The minimum Gasteiger partial charge on any atom is -0.367 e. The molecule has 2 unspecified atom stereocenters. The summed E-state index contributed by atoms with van der Waals surface area (Å²) in [4.78, 5) is 3.23. The molecule has 4 aliphatic carbocycles. The van der Waals surface area contributed by atoms with Gasteiger partial charge in [-0.1, -0.05) is 0 Å². The Labute approximate surface area is 96.6 Å². The molecule has 0 radical (unpaired) electrons. The highest BCUT2D eigenvalue weighted by atomic mass is 14.8. The molecule has 0 spiro atoms. The number of nitrogens with two attached hydrogens (primary N) is 1. The Morgan fingerprint density at radius 3 is 2.50 bits per heavy atom. The van der Waals surface area contributed by atoms with Crippen LogP contribution in [0.4, 0.5) is 0 Å². The molecule has 1 heterocycles. The molecular formula is C14H20N2. The minimum absolute atomic E-state index is 0.168. The zero-order valence-corrected chi connectivity index (χ0v) is 9.71. The molecule has 3 N–H and O–H groups in total. The fourth-order valence-corrected chi connectivity index (χ4v) is 5.32. The summed E-state index contributed by atoms with van der Waals surface area (Å²) in [7, 11) is 0. The van der Waals surface area contributed by atoms with E-state index in [0.29, 0.717) is 5.41 Å². The average molecular weight is 216 g/mol. The molecule has 16 heavy (non-hydrogen) atoms. The largest absolute Gasteiger partial charge is 0.367 e. The van der Waals surface area contributed by atoms with Crippen LogP contribution in [0.25, 0.3) is 0 Å². The Bertz CT molecular complexity index is 392. The van der Waals surface area contributed by atoms with Crippen LogP contribution in [0.15, 0.2) is 18.5 Å². The van der Waals surface area contributed by atoms with Gasteiger partial charge in [0.2, 0.25) is 0 Å². The van der Waals surface area contributed by atoms with Crippen LogP contribution in [-0.4, -0.2) is 10.5 Å². The molecule has 1 aromatic rings. The first-order chi connectivity index (χ1) is 7.68. The third-order valence-corrected chi connectivity index (χ3v) is 5.32. The Morgan fingerprint density at radius 1 is 1.19 bits per heavy atom. The predicted octanol–water partition coefficient (Wildman–Crippen LogP) is 2.56. The molecule has 1 aromatic heterocycles. The van der Waals surface area contributed by atoms with Crippen molar-refractivity contribution in [3.05, 3.63) is 24.0 Å². The number of H-pyrrole nitrogens is 1. The maximum absolute atomic E-state index is 6.60. The monoisotopic (exact) mass is 216 g/mol. The van der Waals surface area contributed by atoms with Gasteiger partial charge in [-0.15, -0.1) is 0 Å². The number of hydrogen-bond donors (Lipinski definition) is 2. The van der Waals surface area contributed by atoms with Crippen molar-refractivity contribution < 1.29 is 0 Å². The van der Waals surface area contributed by atoms with Gasteiger partial charge in [0.05, 0.1) is 0 Å². The molecule has 0 aromatic carbocycles. The molecule has 4 aliphatic rings. The molecule has 86 valence electrons. The summed E-state index contributed by atoms with van der Waals surface area (Å²) in [5.74, 6) is 1.81. The van der Waals surface area contributed by atoms with E-state index in [9.17, 15) is 0 Å². The van der Waals surface area contributed by atoms with E-state index in [2.05, 4.69) is 23.4 Å². The van der Waals surface area contributed by atoms with Crippen molar-refractivity contribution >= 4 is 0 Å². The maximum atomic E-state index is 6.60. The van der Waals surface area contributed by atoms with Gasteiger partial charge in [0, 0.05) is 17.9 Å². The zero-order chi connectivity index (χ0) is 10.8. The van der Waals surface area contributed by atoms with Gasteiger partial charge >= 0.3 is 0 Å². The Balaban J connectivity index is 1.80. The first-order valence-corrected chi connectivity index (χ1v) is 6.60. The Kier molecular flexibility index (Phi) is 1.58. The van der Waals surface area contributed by atoms with Gasteiger partial charge in [-0.3, -0.25) is 0 Å². The molecule has 0 saturated heterocycles. The summed E-state index contributed by atoms with van der Waals surface area (Å²) in [5, 5.41) is 0. The summed E-state index contributed by atoms with van der Waals surface area (Å²) in [6.45, 7) is 0. The highest BCUT2D eigenvalue weighted by molar-refractivity contribution is 5.29. The lowest BCUT2D eigenvalue weighted by Crippen LogP contribution is -2.61. The van der Waals surface area contributed by atoms with Crippen LogP contribution in [0.3, 0.4) is 0 Å². The summed E-state index contributed by atoms with van der Waals surface area (Å²) in [6.07, 6.45) is 12.3. The average Bonchev–Trinajstić information content (AvgIpc) is 2.65. The van der Waals surface area contributed by atoms with Gasteiger partial charge in [-0.05, 0) is 67.4 Å². The number of nitrogens with one attached hydrogen (secondary N) is 1. The first kappa shape index (κ1) is 9.29. The summed E-state index contributed by atoms with van der Waals surface area (Å²) in [6, 6.07) is 2.27. The van der Waals surface area contributed by atoms with Crippen LogP contribution in [-0.2, 0) is 5.41 Å². The van der Waals surface area contributed by atoms with Gasteiger partial charge < -0.3 is 10.7 Å². The van der Waals surface area contributed by atoms with Crippen molar-refractivity contribution in [2.75, 3.05) is 0 Å². The molecule has 4 bridgehead atoms. The van der Waals surface area contributed by atoms with Crippen LogP contribution in [0.1, 0.15) is 44.1 Å². The fourth-order valence-electron chi connectivity index (χ4n) is 5.32. The second-order valence-electron chi connectivity index (χ2n) is 6.70. The minimum atomic E-state index is 0.168. The summed E-state index contributed by atoms with van der Waals surface area (Å²) < 4.78 is 0. The third-order valence-electron chi connectivity index (χ3n) is 5.32. The SMILES string of the molecule is NC12CC3CC(C1)CC(c1cc[nH]c1)(C3)C2. The standard InChI is InChI=1S/C14H20N2/c15-14-6-10-3-11(7-14)5-13(4-10,9-14)12-1-2-16-8-12/h1-2,8,10-11,16H,3-7,9,15H2. The molecule has 0 aliphatic heterocycles. The number of rotatable bonds is 1. The summed E-state index contributed by atoms with van der Waals surface area (Å²) in [5.41, 5.74) is 8.72. The molecule has 0 amide bonds. The van der Waals surface area contributed by atoms with E-state index in [1.54, 1.807) is 0 Å². The lowest BCUT2D eigenvalue weighted by Gasteiger charge is -2.61. The predicted molar refractivity (Wildman–Crippen MR) is 64.1 cm³/mol. The fraction of sp³-hybridized carbons (Fsp3) is 0.714. The normalized spacial score (nSPS) is 49.8. The Morgan fingerprint density at radius 2 is 1.94 bits per heavy atom. The highest BCUT2D eigenvalue weighted by Crippen LogP contribution is 2.61. The van der Waals surface area contributed by atoms with Crippen molar-refractivity contribution in [2.45, 2.75) is 49.5 Å². The van der Waals surface area contributed by atoms with E-state index in [0.717, 1.165) is 11.8 Å². The van der Waals surface area contributed by atoms with Crippen molar-refractivity contribution in [1.29, 1.82) is 0 Å². The van der Waals surface area contributed by atoms with Crippen LogP contribution < -0.4 is 5.73 Å². The first-order valence-electron chi connectivity index (χ1n) is 6.60. The van der Waals surface area contributed by atoms with E-state index in [4.69, 9.17) is 5.73 Å². The number of aromatic nitrogens is 1. The van der Waals surface area contributed by atoms with E-state index in [1.807, 2.05) is 0 Å². The van der Waals surface area contributed by atoms with Gasteiger partial charge in [-0.25, -0.2) is 0 Å². The van der Waals surface area contributed by atoms with Crippen molar-refractivity contribution in [2.24, 2.45) is 17.6 Å². The van der Waals surface area contributed by atoms with Crippen LogP contribution in [0, 0.1) is 11.8 Å². The topological polar surface area (TPSA) is 41.8 Å². The lowest BCUT2D eigenvalue weighted by molar-refractivity contribution is -0.0226. The third kappa shape index (κ3) is 1.11. The van der Waals surface area contributed by atoms with Crippen LogP contribution in [0.2, 0.25) is 0 Å².